The highest BCUT2D eigenvalue weighted by molar-refractivity contribution is 5.93. The minimum Gasteiger partial charge on any atom is -0.278 e. The van der Waals surface area contributed by atoms with Gasteiger partial charge in [-0.1, -0.05) is 78.9 Å². The summed E-state index contributed by atoms with van der Waals surface area (Å²) in [6, 6.07) is 60.6. The second kappa shape index (κ2) is 11.4. The van der Waals surface area contributed by atoms with Crippen molar-refractivity contribution in [3.8, 4) is 39.8 Å². The van der Waals surface area contributed by atoms with Gasteiger partial charge in [-0.15, -0.1) is 5.10 Å². The van der Waals surface area contributed by atoms with Crippen LogP contribution in [-0.4, -0.2) is 42.7 Å². The Balaban J connectivity index is 0.989. The third-order valence-corrected chi connectivity index (χ3v) is 10.6. The summed E-state index contributed by atoms with van der Waals surface area (Å²) in [5.74, 6) is 3.16. The monoisotopic (exact) mass is 707 g/mol. The van der Waals surface area contributed by atoms with Crippen molar-refractivity contribution in [1.82, 2.24) is 42.7 Å². The van der Waals surface area contributed by atoms with E-state index >= 15 is 0 Å². The maximum Gasteiger partial charge on any atom is 0.220 e. The van der Waals surface area contributed by atoms with Gasteiger partial charge in [0.1, 0.15) is 0 Å². The molecule has 9 nitrogen and oxygen atoms in total. The number of para-hydroxylation sites is 8. The van der Waals surface area contributed by atoms with Crippen molar-refractivity contribution >= 4 is 55.7 Å². The number of benzene rings is 7. The summed E-state index contributed by atoms with van der Waals surface area (Å²) in [5.41, 5.74) is 13.3. The van der Waals surface area contributed by atoms with Gasteiger partial charge in [-0.25, -0.2) is 19.6 Å². The van der Waals surface area contributed by atoms with Crippen LogP contribution in [0.25, 0.3) is 95.5 Å². The van der Waals surface area contributed by atoms with Gasteiger partial charge in [0.2, 0.25) is 11.6 Å². The quantitative estimate of drug-likeness (QED) is 0.179. The summed E-state index contributed by atoms with van der Waals surface area (Å²) in [5, 5.41) is 5.09. The minimum atomic E-state index is 0.660. The third-order valence-electron chi connectivity index (χ3n) is 10.6. The van der Waals surface area contributed by atoms with Crippen LogP contribution < -0.4 is 0 Å². The fraction of sp³-hybridized carbons (Fsp3) is 0. The lowest BCUT2D eigenvalue weighted by Gasteiger charge is -2.10. The van der Waals surface area contributed by atoms with E-state index in [1.165, 1.54) is 0 Å². The van der Waals surface area contributed by atoms with E-state index < -0.39 is 0 Å². The maximum absolute atomic E-state index is 5.14. The van der Waals surface area contributed by atoms with E-state index in [1.807, 2.05) is 47.1 Å². The van der Waals surface area contributed by atoms with Crippen molar-refractivity contribution in [1.29, 1.82) is 0 Å². The molecule has 9 heteroatoms. The molecule has 5 heterocycles. The molecule has 0 spiro atoms. The van der Waals surface area contributed by atoms with Gasteiger partial charge in [-0.2, -0.15) is 0 Å². The molecule has 0 unspecified atom stereocenters. The predicted octanol–water partition coefficient (Wildman–Crippen LogP) is 10.1. The van der Waals surface area contributed by atoms with Crippen LogP contribution in [0.15, 0.2) is 176 Å². The molecule has 12 rings (SSSR count). The van der Waals surface area contributed by atoms with E-state index in [-0.39, 0.29) is 0 Å². The summed E-state index contributed by atoms with van der Waals surface area (Å²) in [7, 11) is 0. The zero-order chi connectivity index (χ0) is 36.0. The predicted molar refractivity (Wildman–Crippen MR) is 218 cm³/mol. The molecule has 12 aromatic rings. The molecule has 0 bridgehead atoms. The first-order chi connectivity index (χ1) is 27.3. The molecule has 0 aliphatic rings. The molecule has 0 fully saturated rings. The van der Waals surface area contributed by atoms with Gasteiger partial charge in [-0.05, 0) is 97.1 Å². The molecule has 5 aromatic heterocycles. The van der Waals surface area contributed by atoms with E-state index in [4.69, 9.17) is 20.1 Å². The lowest BCUT2D eigenvalue weighted by molar-refractivity contribution is 0.889. The molecule has 258 valence electrons. The van der Waals surface area contributed by atoms with Gasteiger partial charge in [0.05, 0.1) is 49.8 Å². The normalized spacial score (nSPS) is 12.0. The fourth-order valence-corrected chi connectivity index (χ4v) is 8.10. The first-order valence-corrected chi connectivity index (χ1v) is 18.3. The number of imidazole rings is 4. The van der Waals surface area contributed by atoms with Crippen LogP contribution in [-0.2, 0) is 0 Å². The topological polar surface area (TPSA) is 75.2 Å². The third kappa shape index (κ3) is 4.35. The fourth-order valence-electron chi connectivity index (χ4n) is 8.10. The SMILES string of the molecule is c1ccc(-c2nc(-c3ccc(-n4c5ccccc5n5c6ccccc6nc45)cc3)n(-c3ccc(-n4c5ccccc5n5c6ccccc6nc45)cc3)n2)cc1. The number of aromatic nitrogens is 9. The van der Waals surface area contributed by atoms with Gasteiger partial charge in [0, 0.05) is 22.5 Å². The molecule has 0 aliphatic heterocycles. The zero-order valence-electron chi connectivity index (χ0n) is 29.3. The smallest absolute Gasteiger partial charge is 0.220 e. The van der Waals surface area contributed by atoms with Crippen LogP contribution in [0.3, 0.4) is 0 Å². The molecular weight excluding hydrogens is 679 g/mol. The van der Waals surface area contributed by atoms with Crippen LogP contribution >= 0.6 is 0 Å². The first kappa shape index (κ1) is 29.8. The summed E-state index contributed by atoms with van der Waals surface area (Å²) < 4.78 is 10.9. The number of nitrogens with zero attached hydrogens (tertiary/aromatic N) is 9. The zero-order valence-corrected chi connectivity index (χ0v) is 29.3. The highest BCUT2D eigenvalue weighted by Gasteiger charge is 2.20. The molecule has 0 amide bonds. The van der Waals surface area contributed by atoms with Crippen LogP contribution in [0.2, 0.25) is 0 Å². The Bertz CT molecular complexity index is 3200. The standard InChI is InChI=1S/C46H29N9/c1-2-12-30(13-3-1)43-49-44(31-22-24-32(25-23-31)51-39-18-8-10-20-41(39)53-37-16-6-4-14-35(37)47-45(51)53)55(50-43)34-28-26-33(27-29-34)52-40-19-9-11-21-42(40)54-38-17-7-5-15-36(38)48-46(52)54/h1-29H. The van der Waals surface area contributed by atoms with Crippen molar-refractivity contribution in [3.05, 3.63) is 176 Å². The number of rotatable bonds is 5. The average molecular weight is 708 g/mol. The van der Waals surface area contributed by atoms with Crippen LogP contribution in [0.1, 0.15) is 0 Å². The van der Waals surface area contributed by atoms with Gasteiger partial charge < -0.3 is 0 Å². The first-order valence-electron chi connectivity index (χ1n) is 18.3. The van der Waals surface area contributed by atoms with Gasteiger partial charge in [0.15, 0.2) is 11.6 Å². The van der Waals surface area contributed by atoms with Crippen LogP contribution in [0.5, 0.6) is 0 Å². The number of hydrogen-bond acceptors (Lipinski definition) is 4. The molecule has 7 aromatic carbocycles. The Morgan fingerprint density at radius 2 is 0.764 bits per heavy atom. The summed E-state index contributed by atoms with van der Waals surface area (Å²) in [6.07, 6.45) is 0. The summed E-state index contributed by atoms with van der Waals surface area (Å²) in [6.45, 7) is 0. The Morgan fingerprint density at radius 3 is 1.31 bits per heavy atom. The number of fused-ring (bicyclic) bond motifs is 10. The van der Waals surface area contributed by atoms with Crippen molar-refractivity contribution in [3.63, 3.8) is 0 Å². The molecule has 0 saturated carbocycles. The second-order valence-corrected chi connectivity index (χ2v) is 13.7. The summed E-state index contributed by atoms with van der Waals surface area (Å²) in [4.78, 5) is 15.3. The van der Waals surface area contributed by atoms with Crippen LogP contribution in [0.4, 0.5) is 0 Å². The van der Waals surface area contributed by atoms with E-state index in [0.717, 1.165) is 89.7 Å². The largest absolute Gasteiger partial charge is 0.278 e. The van der Waals surface area contributed by atoms with Crippen LogP contribution in [0, 0.1) is 0 Å². The molecule has 0 atom stereocenters. The minimum absolute atomic E-state index is 0.660. The average Bonchev–Trinajstić information content (AvgIpc) is 4.06. The highest BCUT2D eigenvalue weighted by atomic mass is 15.4. The molecule has 0 aliphatic carbocycles. The van der Waals surface area contributed by atoms with E-state index in [1.54, 1.807) is 0 Å². The molecular formula is C46H29N9. The Morgan fingerprint density at radius 1 is 0.327 bits per heavy atom. The van der Waals surface area contributed by atoms with Crippen molar-refractivity contribution < 1.29 is 0 Å². The van der Waals surface area contributed by atoms with Crippen molar-refractivity contribution in [2.24, 2.45) is 0 Å². The van der Waals surface area contributed by atoms with Crippen molar-refractivity contribution in [2.75, 3.05) is 0 Å². The van der Waals surface area contributed by atoms with E-state index in [2.05, 4.69) is 151 Å². The maximum atomic E-state index is 5.14. The van der Waals surface area contributed by atoms with Gasteiger partial charge >= 0.3 is 0 Å². The lowest BCUT2D eigenvalue weighted by atomic mass is 10.1. The lowest BCUT2D eigenvalue weighted by Crippen LogP contribution is -2.02. The highest BCUT2D eigenvalue weighted by Crippen LogP contribution is 2.33. The molecule has 55 heavy (non-hydrogen) atoms. The Hall–Kier alpha value is -7.78. The van der Waals surface area contributed by atoms with E-state index in [0.29, 0.717) is 5.82 Å². The number of hydrogen-bond donors (Lipinski definition) is 0. The second-order valence-electron chi connectivity index (χ2n) is 13.7. The Kier molecular flexibility index (Phi) is 6.15. The summed E-state index contributed by atoms with van der Waals surface area (Å²) >= 11 is 0. The van der Waals surface area contributed by atoms with Gasteiger partial charge in [-0.3, -0.25) is 17.9 Å². The Labute approximate surface area is 313 Å². The molecule has 0 radical (unpaired) electrons. The van der Waals surface area contributed by atoms with Gasteiger partial charge in [0.25, 0.3) is 0 Å². The molecule has 0 saturated heterocycles. The van der Waals surface area contributed by atoms with Crippen molar-refractivity contribution in [2.45, 2.75) is 0 Å². The van der Waals surface area contributed by atoms with E-state index in [9.17, 15) is 0 Å². The molecule has 0 N–H and O–H groups in total.